The van der Waals surface area contributed by atoms with Gasteiger partial charge in [0.2, 0.25) is 0 Å². The Balaban J connectivity index is 3.43. The van der Waals surface area contributed by atoms with Crippen LogP contribution in [0.15, 0.2) is 12.7 Å². The molecule has 0 saturated heterocycles. The normalized spacial score (nSPS) is 15.2. The molecule has 0 spiro atoms. The Morgan fingerprint density at radius 1 is 1.58 bits per heavy atom. The van der Waals surface area contributed by atoms with Crippen LogP contribution < -0.4 is 0 Å². The highest BCUT2D eigenvalue weighted by atomic mass is 16.4. The van der Waals surface area contributed by atoms with Crippen molar-refractivity contribution in [3.8, 4) is 0 Å². The van der Waals surface area contributed by atoms with Gasteiger partial charge in [-0.05, 0) is 26.2 Å². The lowest BCUT2D eigenvalue weighted by molar-refractivity contribution is -0.137. The average molecular weight is 172 g/mol. The Kier molecular flexibility index (Phi) is 4.59. The molecule has 0 aromatic rings. The zero-order valence-corrected chi connectivity index (χ0v) is 7.42. The Labute approximate surface area is 72.7 Å². The van der Waals surface area contributed by atoms with Crippen molar-refractivity contribution in [2.75, 3.05) is 0 Å². The van der Waals surface area contributed by atoms with E-state index in [-0.39, 0.29) is 6.42 Å². The van der Waals surface area contributed by atoms with Crippen molar-refractivity contribution in [2.24, 2.45) is 0 Å². The molecule has 3 heteroatoms. The van der Waals surface area contributed by atoms with Gasteiger partial charge in [0.1, 0.15) is 0 Å². The number of aliphatic carboxylic acids is 1. The van der Waals surface area contributed by atoms with Gasteiger partial charge in [0, 0.05) is 6.42 Å². The van der Waals surface area contributed by atoms with Gasteiger partial charge < -0.3 is 10.2 Å². The second kappa shape index (κ2) is 4.93. The van der Waals surface area contributed by atoms with Crippen LogP contribution in [0.4, 0.5) is 0 Å². The maximum absolute atomic E-state index is 10.1. The smallest absolute Gasteiger partial charge is 0.303 e. The summed E-state index contributed by atoms with van der Waals surface area (Å²) < 4.78 is 0. The van der Waals surface area contributed by atoms with Crippen LogP contribution in [-0.2, 0) is 4.79 Å². The monoisotopic (exact) mass is 172 g/mol. The van der Waals surface area contributed by atoms with Gasteiger partial charge >= 0.3 is 5.97 Å². The number of hydrogen-bond acceptors (Lipinski definition) is 2. The number of carboxylic acid groups (broad SMARTS) is 1. The third-order valence-electron chi connectivity index (χ3n) is 1.76. The molecule has 3 nitrogen and oxygen atoms in total. The molecule has 2 N–H and O–H groups in total. The molecule has 0 aliphatic carbocycles. The maximum Gasteiger partial charge on any atom is 0.303 e. The lowest BCUT2D eigenvalue weighted by Crippen LogP contribution is -2.19. The molecule has 0 saturated carbocycles. The largest absolute Gasteiger partial charge is 0.481 e. The fraction of sp³-hybridized carbons (Fsp3) is 0.667. The lowest BCUT2D eigenvalue weighted by Gasteiger charge is -2.17. The van der Waals surface area contributed by atoms with E-state index < -0.39 is 11.6 Å². The maximum atomic E-state index is 10.1. The third-order valence-corrected chi connectivity index (χ3v) is 1.76. The second-order valence-corrected chi connectivity index (χ2v) is 3.16. The SMILES string of the molecule is C=CC(C)(O)CCCCC(=O)O. The molecular formula is C9H16O3. The molecular weight excluding hydrogens is 156 g/mol. The second-order valence-electron chi connectivity index (χ2n) is 3.16. The minimum atomic E-state index is -0.849. The van der Waals surface area contributed by atoms with Crippen LogP contribution in [0.5, 0.6) is 0 Å². The molecule has 0 bridgehead atoms. The number of rotatable bonds is 6. The van der Waals surface area contributed by atoms with Crippen LogP contribution >= 0.6 is 0 Å². The predicted molar refractivity (Wildman–Crippen MR) is 46.9 cm³/mol. The first-order valence-corrected chi connectivity index (χ1v) is 4.06. The van der Waals surface area contributed by atoms with Gasteiger partial charge in [-0.2, -0.15) is 0 Å². The van der Waals surface area contributed by atoms with Crippen molar-refractivity contribution in [1.29, 1.82) is 0 Å². The molecule has 1 atom stereocenters. The van der Waals surface area contributed by atoms with Crippen molar-refractivity contribution in [2.45, 2.75) is 38.2 Å². The van der Waals surface area contributed by atoms with Gasteiger partial charge in [-0.3, -0.25) is 4.79 Å². The molecule has 0 aliphatic heterocycles. The zero-order valence-electron chi connectivity index (χ0n) is 7.42. The number of unbranched alkanes of at least 4 members (excludes halogenated alkanes) is 1. The van der Waals surface area contributed by atoms with Crippen LogP contribution in [0.25, 0.3) is 0 Å². The first-order chi connectivity index (χ1) is 5.48. The van der Waals surface area contributed by atoms with Crippen molar-refractivity contribution in [1.82, 2.24) is 0 Å². The van der Waals surface area contributed by atoms with Gasteiger partial charge in [0.05, 0.1) is 5.60 Å². The first-order valence-electron chi connectivity index (χ1n) is 4.06. The topological polar surface area (TPSA) is 57.5 Å². The minimum absolute atomic E-state index is 0.174. The van der Waals surface area contributed by atoms with Crippen molar-refractivity contribution in [3.05, 3.63) is 12.7 Å². The summed E-state index contributed by atoms with van der Waals surface area (Å²) in [4.78, 5) is 10.1. The number of aliphatic hydroxyl groups is 1. The number of carbonyl (C=O) groups is 1. The van der Waals surface area contributed by atoms with Gasteiger partial charge in [0.15, 0.2) is 0 Å². The molecule has 1 unspecified atom stereocenters. The third kappa shape index (κ3) is 5.92. The Morgan fingerprint density at radius 2 is 2.17 bits per heavy atom. The molecule has 0 aromatic carbocycles. The van der Waals surface area contributed by atoms with E-state index in [0.717, 1.165) is 0 Å². The van der Waals surface area contributed by atoms with Gasteiger partial charge in [-0.25, -0.2) is 0 Å². The van der Waals surface area contributed by atoms with Crippen LogP contribution in [0.3, 0.4) is 0 Å². The Morgan fingerprint density at radius 3 is 2.58 bits per heavy atom. The summed E-state index contributed by atoms with van der Waals surface area (Å²) in [5, 5.41) is 17.7. The molecule has 12 heavy (non-hydrogen) atoms. The highest BCUT2D eigenvalue weighted by molar-refractivity contribution is 5.66. The summed E-state index contributed by atoms with van der Waals surface area (Å²) in [6.07, 6.45) is 3.55. The summed E-state index contributed by atoms with van der Waals surface area (Å²) in [5.74, 6) is -0.784. The highest BCUT2D eigenvalue weighted by Crippen LogP contribution is 2.14. The van der Waals surface area contributed by atoms with Crippen molar-refractivity contribution in [3.63, 3.8) is 0 Å². The summed E-state index contributed by atoms with van der Waals surface area (Å²) in [6, 6.07) is 0. The highest BCUT2D eigenvalue weighted by Gasteiger charge is 2.14. The van der Waals surface area contributed by atoms with E-state index in [1.165, 1.54) is 6.08 Å². The van der Waals surface area contributed by atoms with Crippen molar-refractivity contribution < 1.29 is 15.0 Å². The molecule has 0 aliphatic rings. The molecule has 0 amide bonds. The standard InChI is InChI=1S/C9H16O3/c1-3-9(2,12)7-5-4-6-8(10)11/h3,12H,1,4-7H2,2H3,(H,10,11). The van der Waals surface area contributed by atoms with Gasteiger partial charge in [-0.1, -0.05) is 6.08 Å². The molecule has 70 valence electrons. The number of hydrogen-bond donors (Lipinski definition) is 2. The van der Waals surface area contributed by atoms with E-state index in [4.69, 9.17) is 5.11 Å². The summed E-state index contributed by atoms with van der Waals surface area (Å²) >= 11 is 0. The van der Waals surface area contributed by atoms with E-state index >= 15 is 0 Å². The van der Waals surface area contributed by atoms with E-state index in [9.17, 15) is 9.90 Å². The fourth-order valence-corrected chi connectivity index (χ4v) is 0.861. The van der Waals surface area contributed by atoms with E-state index in [0.29, 0.717) is 19.3 Å². The minimum Gasteiger partial charge on any atom is -0.481 e. The van der Waals surface area contributed by atoms with Crippen LogP contribution in [0.2, 0.25) is 0 Å². The quantitative estimate of drug-likeness (QED) is 0.472. The summed E-state index contributed by atoms with van der Waals surface area (Å²) in [5.41, 5.74) is -0.849. The molecule has 0 fully saturated rings. The Bertz CT molecular complexity index is 161. The lowest BCUT2D eigenvalue weighted by atomic mass is 9.99. The van der Waals surface area contributed by atoms with E-state index in [1.807, 2.05) is 0 Å². The van der Waals surface area contributed by atoms with Crippen LogP contribution in [0.1, 0.15) is 32.6 Å². The zero-order chi connectivity index (χ0) is 9.61. The van der Waals surface area contributed by atoms with Crippen molar-refractivity contribution >= 4 is 5.97 Å². The fourth-order valence-electron chi connectivity index (χ4n) is 0.861. The van der Waals surface area contributed by atoms with Gasteiger partial charge in [-0.15, -0.1) is 6.58 Å². The van der Waals surface area contributed by atoms with E-state index in [2.05, 4.69) is 6.58 Å². The first kappa shape index (κ1) is 11.2. The Hall–Kier alpha value is -0.830. The molecule has 0 radical (unpaired) electrons. The molecule has 0 aromatic heterocycles. The average Bonchev–Trinajstić information content (AvgIpc) is 1.98. The number of carboxylic acids is 1. The van der Waals surface area contributed by atoms with Crippen LogP contribution in [0, 0.1) is 0 Å². The van der Waals surface area contributed by atoms with Crippen LogP contribution in [-0.4, -0.2) is 21.8 Å². The molecule has 0 heterocycles. The predicted octanol–water partition coefficient (Wildman–Crippen LogP) is 1.57. The van der Waals surface area contributed by atoms with Gasteiger partial charge in [0.25, 0.3) is 0 Å². The summed E-state index contributed by atoms with van der Waals surface area (Å²) in [7, 11) is 0. The summed E-state index contributed by atoms with van der Waals surface area (Å²) in [6.45, 7) is 5.15. The molecule has 0 rings (SSSR count). The van der Waals surface area contributed by atoms with E-state index in [1.54, 1.807) is 6.92 Å².